The van der Waals surface area contributed by atoms with Crippen LogP contribution in [0.15, 0.2) is 72.9 Å². The van der Waals surface area contributed by atoms with Gasteiger partial charge in [0.2, 0.25) is 21.8 Å². The number of carbonyl (C=O) groups excluding carboxylic acids is 2. The first kappa shape index (κ1) is 37.9. The van der Waals surface area contributed by atoms with Gasteiger partial charge in [0, 0.05) is 36.7 Å². The van der Waals surface area contributed by atoms with Crippen molar-refractivity contribution in [2.45, 2.75) is 56.9 Å². The molecular formula is C29H33ClF3N5O7S. The van der Waals surface area contributed by atoms with Gasteiger partial charge < -0.3 is 26.7 Å². The maximum atomic E-state index is 13.2. The SMILES string of the molecule is C[C@H](NC(=O)[C@@H](CCc1cccc[n+]1[O-])NS(=O)(=O)Cc1ccccc1)C(=O)NCc1cc(Cl)ccc1CN.O=C(O)C(F)(F)F. The summed E-state index contributed by atoms with van der Waals surface area (Å²) >= 11 is 6.06. The van der Waals surface area contributed by atoms with Crippen LogP contribution in [0, 0.1) is 5.21 Å². The van der Waals surface area contributed by atoms with Crippen molar-refractivity contribution in [3.63, 3.8) is 0 Å². The van der Waals surface area contributed by atoms with E-state index in [-0.39, 0.29) is 31.7 Å². The Bertz CT molecular complexity index is 1600. The number of aliphatic carboxylic acids is 1. The monoisotopic (exact) mass is 687 g/mol. The van der Waals surface area contributed by atoms with Crippen LogP contribution in [0.25, 0.3) is 0 Å². The van der Waals surface area contributed by atoms with E-state index in [0.29, 0.717) is 21.0 Å². The molecule has 0 aliphatic rings. The highest BCUT2D eigenvalue weighted by atomic mass is 35.5. The quantitative estimate of drug-likeness (QED) is 0.133. The highest BCUT2D eigenvalue weighted by molar-refractivity contribution is 7.88. The van der Waals surface area contributed by atoms with Crippen LogP contribution in [0.4, 0.5) is 13.2 Å². The molecule has 1 aromatic heterocycles. The molecule has 17 heteroatoms. The van der Waals surface area contributed by atoms with E-state index in [1.54, 1.807) is 66.7 Å². The second kappa shape index (κ2) is 17.4. The van der Waals surface area contributed by atoms with Crippen LogP contribution in [0.2, 0.25) is 5.02 Å². The fourth-order valence-corrected chi connectivity index (χ4v) is 5.49. The minimum Gasteiger partial charge on any atom is -0.619 e. The standard InChI is InChI=1S/C27H32ClN5O5S.C2HF3O2/c1-19(26(34)30-17-22-15-23(28)11-10-21(22)16-29)31-27(35)25(13-12-24-9-5-6-14-33(24)36)32-39(37,38)18-20-7-3-2-4-8-20;3-2(4,5)1(6)7/h2-11,14-15,19,25,32H,12-13,16-18,29H2,1H3,(H,30,34)(H,31,35);(H,6,7)/t19-,25+;/m0./s1. The Balaban J connectivity index is 0.000000942. The van der Waals surface area contributed by atoms with Gasteiger partial charge in [-0.25, -0.2) is 17.9 Å². The molecule has 3 rings (SSSR count). The van der Waals surface area contributed by atoms with E-state index in [1.165, 1.54) is 13.1 Å². The largest absolute Gasteiger partial charge is 0.619 e. The fraction of sp³-hybridized carbons (Fsp3) is 0.310. The third-order valence-corrected chi connectivity index (χ3v) is 7.86. The summed E-state index contributed by atoms with van der Waals surface area (Å²) in [6, 6.07) is 16.4. The summed E-state index contributed by atoms with van der Waals surface area (Å²) in [7, 11) is -3.93. The zero-order chi connectivity index (χ0) is 34.5. The molecule has 0 unspecified atom stereocenters. The molecule has 0 spiro atoms. The lowest BCUT2D eigenvalue weighted by atomic mass is 10.1. The lowest BCUT2D eigenvalue weighted by Gasteiger charge is -2.21. The molecule has 250 valence electrons. The van der Waals surface area contributed by atoms with Gasteiger partial charge in [-0.3, -0.25) is 9.59 Å². The van der Waals surface area contributed by atoms with Crippen molar-refractivity contribution in [2.24, 2.45) is 5.73 Å². The van der Waals surface area contributed by atoms with Gasteiger partial charge in [0.1, 0.15) is 12.1 Å². The Morgan fingerprint density at radius 2 is 1.65 bits per heavy atom. The van der Waals surface area contributed by atoms with E-state index in [9.17, 15) is 36.4 Å². The number of aromatic nitrogens is 1. The van der Waals surface area contributed by atoms with E-state index in [4.69, 9.17) is 27.2 Å². The van der Waals surface area contributed by atoms with Crippen LogP contribution in [-0.4, -0.2) is 49.6 Å². The number of nitrogens with one attached hydrogen (secondary N) is 3. The predicted molar refractivity (Wildman–Crippen MR) is 162 cm³/mol. The predicted octanol–water partition coefficient (Wildman–Crippen LogP) is 2.31. The number of carboxylic acid groups (broad SMARTS) is 1. The Morgan fingerprint density at radius 3 is 2.24 bits per heavy atom. The summed E-state index contributed by atoms with van der Waals surface area (Å²) in [5.41, 5.74) is 8.25. The van der Waals surface area contributed by atoms with E-state index in [2.05, 4.69) is 15.4 Å². The molecule has 2 amide bonds. The zero-order valence-corrected chi connectivity index (χ0v) is 26.0. The van der Waals surface area contributed by atoms with Gasteiger partial charge >= 0.3 is 12.1 Å². The summed E-state index contributed by atoms with van der Waals surface area (Å²) in [6.07, 6.45) is -3.62. The van der Waals surface area contributed by atoms with Crippen LogP contribution >= 0.6 is 11.6 Å². The van der Waals surface area contributed by atoms with Gasteiger partial charge in [0.05, 0.1) is 5.75 Å². The minimum atomic E-state index is -5.08. The van der Waals surface area contributed by atoms with E-state index in [1.807, 2.05) is 0 Å². The molecule has 0 saturated carbocycles. The number of hydrogen-bond acceptors (Lipinski definition) is 7. The van der Waals surface area contributed by atoms with E-state index >= 15 is 0 Å². The highest BCUT2D eigenvalue weighted by Crippen LogP contribution is 2.16. The van der Waals surface area contributed by atoms with E-state index < -0.39 is 46.1 Å². The first-order valence-corrected chi connectivity index (χ1v) is 15.6. The van der Waals surface area contributed by atoms with Gasteiger partial charge in [0.15, 0.2) is 11.9 Å². The zero-order valence-electron chi connectivity index (χ0n) is 24.5. The molecule has 0 aliphatic heterocycles. The fourth-order valence-electron chi connectivity index (χ4n) is 3.92. The number of benzene rings is 2. The molecule has 1 heterocycles. The van der Waals surface area contributed by atoms with Gasteiger partial charge in [-0.2, -0.15) is 17.9 Å². The Kier molecular flexibility index (Phi) is 14.4. The number of alkyl halides is 3. The molecule has 0 saturated heterocycles. The van der Waals surface area contributed by atoms with Crippen LogP contribution in [0.5, 0.6) is 0 Å². The van der Waals surface area contributed by atoms with Crippen molar-refractivity contribution in [2.75, 3.05) is 0 Å². The molecule has 0 radical (unpaired) electrons. The van der Waals surface area contributed by atoms with Crippen molar-refractivity contribution < 1.29 is 45.8 Å². The number of sulfonamides is 1. The van der Waals surface area contributed by atoms with Crippen molar-refractivity contribution in [3.8, 4) is 0 Å². The molecule has 3 aromatic rings. The Morgan fingerprint density at radius 1 is 1.02 bits per heavy atom. The Labute approximate surface area is 268 Å². The van der Waals surface area contributed by atoms with Gasteiger partial charge in [-0.15, -0.1) is 0 Å². The highest BCUT2D eigenvalue weighted by Gasteiger charge is 2.38. The first-order chi connectivity index (χ1) is 21.5. The molecule has 0 fully saturated rings. The third kappa shape index (κ3) is 13.0. The maximum absolute atomic E-state index is 13.2. The molecule has 0 bridgehead atoms. The summed E-state index contributed by atoms with van der Waals surface area (Å²) in [5.74, 6) is -4.25. The number of carboxylic acids is 1. The number of aryl methyl sites for hydroxylation is 1. The second-order valence-corrected chi connectivity index (χ2v) is 12.0. The molecule has 2 atom stereocenters. The molecule has 6 N–H and O–H groups in total. The molecule has 46 heavy (non-hydrogen) atoms. The van der Waals surface area contributed by atoms with Gasteiger partial charge in [-0.1, -0.05) is 54.1 Å². The van der Waals surface area contributed by atoms with Crippen LogP contribution in [-0.2, 0) is 49.7 Å². The van der Waals surface area contributed by atoms with Gasteiger partial charge in [0.25, 0.3) is 0 Å². The maximum Gasteiger partial charge on any atom is 0.490 e. The summed E-state index contributed by atoms with van der Waals surface area (Å²) in [6.45, 7) is 1.91. The Hall–Kier alpha value is -4.25. The normalized spacial score (nSPS) is 12.7. The number of carbonyl (C=O) groups is 3. The van der Waals surface area contributed by atoms with Crippen molar-refractivity contribution >= 4 is 39.4 Å². The third-order valence-electron chi connectivity index (χ3n) is 6.27. The smallest absolute Gasteiger partial charge is 0.490 e. The lowest BCUT2D eigenvalue weighted by molar-refractivity contribution is -0.614. The molecule has 2 aromatic carbocycles. The first-order valence-electron chi connectivity index (χ1n) is 13.6. The lowest BCUT2D eigenvalue weighted by Crippen LogP contribution is -2.53. The van der Waals surface area contributed by atoms with Crippen molar-refractivity contribution in [3.05, 3.63) is 106 Å². The van der Waals surface area contributed by atoms with Crippen molar-refractivity contribution in [1.29, 1.82) is 0 Å². The van der Waals surface area contributed by atoms with Gasteiger partial charge in [-0.05, 0) is 42.2 Å². The number of rotatable bonds is 13. The topological polar surface area (TPSA) is 195 Å². The number of amides is 2. The number of nitrogens with zero attached hydrogens (tertiary/aromatic N) is 1. The molecular weight excluding hydrogens is 655 g/mol. The molecule has 12 nitrogen and oxygen atoms in total. The van der Waals surface area contributed by atoms with Crippen LogP contribution in [0.3, 0.4) is 0 Å². The van der Waals surface area contributed by atoms with Crippen molar-refractivity contribution in [1.82, 2.24) is 15.4 Å². The second-order valence-electron chi connectivity index (χ2n) is 9.84. The number of hydrogen-bond donors (Lipinski definition) is 5. The number of pyridine rings is 1. The average Bonchev–Trinajstić information content (AvgIpc) is 2.98. The molecule has 0 aliphatic carbocycles. The number of nitrogens with two attached hydrogens (primary N) is 1. The van der Waals surface area contributed by atoms with Crippen LogP contribution in [0.1, 0.15) is 35.7 Å². The minimum absolute atomic E-state index is 0.00280. The average molecular weight is 688 g/mol. The van der Waals surface area contributed by atoms with E-state index in [0.717, 1.165) is 11.1 Å². The summed E-state index contributed by atoms with van der Waals surface area (Å²) in [5, 5.41) is 25.0. The summed E-state index contributed by atoms with van der Waals surface area (Å²) in [4.78, 5) is 34.8. The van der Waals surface area contributed by atoms with Crippen LogP contribution < -0.4 is 25.8 Å². The number of halogens is 4. The summed E-state index contributed by atoms with van der Waals surface area (Å²) < 4.78 is 60.6.